The highest BCUT2D eigenvalue weighted by atomic mass is 32.2. The van der Waals surface area contributed by atoms with Crippen molar-refractivity contribution in [3.8, 4) is 5.75 Å². The lowest BCUT2D eigenvalue weighted by Gasteiger charge is -2.31. The van der Waals surface area contributed by atoms with Crippen LogP contribution in [0.4, 0.5) is 10.1 Å². The average molecular weight is 452 g/mol. The molecule has 1 unspecified atom stereocenters. The molecule has 10 heteroatoms. The molecule has 1 N–H and O–H groups in total. The fraction of sp³-hybridized carbons (Fsp3) is 0.333. The third-order valence-electron chi connectivity index (χ3n) is 4.75. The summed E-state index contributed by atoms with van der Waals surface area (Å²) < 4.78 is 45.0. The van der Waals surface area contributed by atoms with Crippen LogP contribution in [0.2, 0.25) is 0 Å². The Balaban J connectivity index is 2.38. The Morgan fingerprint density at radius 1 is 1.13 bits per heavy atom. The molecule has 0 aliphatic rings. The average Bonchev–Trinajstić information content (AvgIpc) is 2.75. The van der Waals surface area contributed by atoms with Crippen LogP contribution in [0.3, 0.4) is 0 Å². The highest BCUT2D eigenvalue weighted by molar-refractivity contribution is 7.92. The number of sulfonamides is 1. The van der Waals surface area contributed by atoms with Crippen LogP contribution in [-0.4, -0.2) is 58.1 Å². The number of hydrogen-bond acceptors (Lipinski definition) is 5. The summed E-state index contributed by atoms with van der Waals surface area (Å²) in [6.45, 7) is 0.747. The smallest absolute Gasteiger partial charge is 0.244 e. The molecule has 0 fully saturated rings. The minimum absolute atomic E-state index is 0.194. The summed E-state index contributed by atoms with van der Waals surface area (Å²) in [6, 6.07) is 11.1. The van der Waals surface area contributed by atoms with Gasteiger partial charge in [-0.25, -0.2) is 12.8 Å². The van der Waals surface area contributed by atoms with Crippen LogP contribution in [0.5, 0.6) is 5.75 Å². The Morgan fingerprint density at radius 3 is 2.26 bits per heavy atom. The molecule has 2 aromatic carbocycles. The van der Waals surface area contributed by atoms with Crippen molar-refractivity contribution < 1.29 is 27.1 Å². The van der Waals surface area contributed by atoms with Crippen molar-refractivity contribution in [1.82, 2.24) is 10.2 Å². The number of carbonyl (C=O) groups is 2. The molecule has 0 saturated heterocycles. The first-order valence-corrected chi connectivity index (χ1v) is 11.3. The molecular formula is C21H26FN3O5S. The number of nitrogens with one attached hydrogen (secondary N) is 1. The second-order valence-electron chi connectivity index (χ2n) is 6.87. The summed E-state index contributed by atoms with van der Waals surface area (Å²) in [5, 5.41) is 2.46. The highest BCUT2D eigenvalue weighted by Gasteiger charge is 2.30. The number of amides is 2. The molecule has 0 bridgehead atoms. The Bertz CT molecular complexity index is 1030. The number of ether oxygens (including phenoxy) is 1. The van der Waals surface area contributed by atoms with Crippen molar-refractivity contribution in [1.29, 1.82) is 0 Å². The molecule has 0 heterocycles. The molecule has 2 aromatic rings. The van der Waals surface area contributed by atoms with Crippen LogP contribution in [0.25, 0.3) is 0 Å². The van der Waals surface area contributed by atoms with E-state index in [1.54, 1.807) is 18.2 Å². The summed E-state index contributed by atoms with van der Waals surface area (Å²) in [7, 11) is -0.927. The van der Waals surface area contributed by atoms with Crippen LogP contribution in [0, 0.1) is 5.82 Å². The van der Waals surface area contributed by atoms with E-state index in [1.165, 1.54) is 51.4 Å². The van der Waals surface area contributed by atoms with E-state index in [-0.39, 0.29) is 17.8 Å². The number of benzene rings is 2. The van der Waals surface area contributed by atoms with Crippen molar-refractivity contribution >= 4 is 27.5 Å². The maximum atomic E-state index is 14.2. The first-order valence-electron chi connectivity index (χ1n) is 9.44. The molecule has 0 aliphatic carbocycles. The highest BCUT2D eigenvalue weighted by Crippen LogP contribution is 2.22. The third-order valence-corrected chi connectivity index (χ3v) is 5.89. The minimum Gasteiger partial charge on any atom is -0.497 e. The van der Waals surface area contributed by atoms with Crippen molar-refractivity contribution in [3.63, 3.8) is 0 Å². The number of methoxy groups -OCH3 is 1. The lowest BCUT2D eigenvalue weighted by molar-refractivity contribution is -0.139. The van der Waals surface area contributed by atoms with Crippen LogP contribution in [-0.2, 0) is 26.2 Å². The summed E-state index contributed by atoms with van der Waals surface area (Å²) in [4.78, 5) is 26.5. The Kier molecular flexibility index (Phi) is 7.98. The number of halogens is 1. The maximum absolute atomic E-state index is 14.2. The Hall–Kier alpha value is -3.14. The zero-order valence-electron chi connectivity index (χ0n) is 17.8. The molecule has 0 aliphatic heterocycles. The summed E-state index contributed by atoms with van der Waals surface area (Å²) in [6.07, 6.45) is 0.980. The standard InChI is InChI=1S/C21H26FN3O5S/c1-15(21(27)23-2)24(13-16-7-5-6-8-19(16)22)20(26)14-25(31(4,28)29)17-9-11-18(30-3)12-10-17/h5-12,15H,13-14H2,1-4H3,(H,23,27). The van der Waals surface area contributed by atoms with E-state index in [4.69, 9.17) is 4.74 Å². The van der Waals surface area contributed by atoms with Gasteiger partial charge in [0.05, 0.1) is 19.1 Å². The van der Waals surface area contributed by atoms with Gasteiger partial charge in [-0.2, -0.15) is 0 Å². The van der Waals surface area contributed by atoms with Gasteiger partial charge >= 0.3 is 0 Å². The van der Waals surface area contributed by atoms with E-state index in [0.717, 1.165) is 15.5 Å². The largest absolute Gasteiger partial charge is 0.497 e. The fourth-order valence-corrected chi connectivity index (χ4v) is 3.81. The fourth-order valence-electron chi connectivity index (χ4n) is 2.96. The number of anilines is 1. The van der Waals surface area contributed by atoms with Gasteiger partial charge in [0.2, 0.25) is 21.8 Å². The topological polar surface area (TPSA) is 96.0 Å². The lowest BCUT2D eigenvalue weighted by atomic mass is 10.1. The normalized spacial score (nSPS) is 12.0. The Morgan fingerprint density at radius 2 is 1.74 bits per heavy atom. The zero-order valence-corrected chi connectivity index (χ0v) is 18.6. The van der Waals surface area contributed by atoms with E-state index in [0.29, 0.717) is 5.75 Å². The minimum atomic E-state index is -3.83. The van der Waals surface area contributed by atoms with Gasteiger partial charge in [-0.3, -0.25) is 13.9 Å². The number of hydrogen-bond donors (Lipinski definition) is 1. The number of rotatable bonds is 9. The van der Waals surface area contributed by atoms with Gasteiger partial charge in [0.1, 0.15) is 24.2 Å². The van der Waals surface area contributed by atoms with Crippen molar-refractivity contribution in [2.45, 2.75) is 19.5 Å². The summed E-state index contributed by atoms with van der Waals surface area (Å²) in [5.41, 5.74) is 0.469. The van der Waals surface area contributed by atoms with E-state index in [1.807, 2.05) is 0 Å². The zero-order chi connectivity index (χ0) is 23.2. The van der Waals surface area contributed by atoms with Gasteiger partial charge < -0.3 is 15.0 Å². The van der Waals surface area contributed by atoms with Crippen LogP contribution in [0.1, 0.15) is 12.5 Å². The maximum Gasteiger partial charge on any atom is 0.244 e. The molecule has 31 heavy (non-hydrogen) atoms. The van der Waals surface area contributed by atoms with Gasteiger partial charge in [-0.1, -0.05) is 18.2 Å². The number of likely N-dealkylation sites (N-methyl/N-ethyl adjacent to an activating group) is 1. The van der Waals surface area contributed by atoms with Crippen LogP contribution in [0.15, 0.2) is 48.5 Å². The third kappa shape index (κ3) is 6.17. The predicted octanol–water partition coefficient (Wildman–Crippen LogP) is 1.76. The molecule has 2 amide bonds. The lowest BCUT2D eigenvalue weighted by Crippen LogP contribution is -2.50. The number of nitrogens with zero attached hydrogens (tertiary/aromatic N) is 2. The van der Waals surface area contributed by atoms with Gasteiger partial charge in [0, 0.05) is 19.2 Å². The molecule has 0 radical (unpaired) electrons. The summed E-state index contributed by atoms with van der Waals surface area (Å²) in [5.74, 6) is -1.11. The number of carbonyl (C=O) groups excluding carboxylic acids is 2. The van der Waals surface area contributed by atoms with Gasteiger partial charge in [0.25, 0.3) is 0 Å². The molecule has 0 spiro atoms. The van der Waals surface area contributed by atoms with Crippen molar-refractivity contribution in [2.24, 2.45) is 0 Å². The second kappa shape index (κ2) is 10.3. The molecule has 2 rings (SSSR count). The SMILES string of the molecule is CNC(=O)C(C)N(Cc1ccccc1F)C(=O)CN(c1ccc(OC)cc1)S(C)(=O)=O. The predicted molar refractivity (Wildman–Crippen MR) is 116 cm³/mol. The van der Waals surface area contributed by atoms with Crippen molar-refractivity contribution in [3.05, 3.63) is 59.9 Å². The summed E-state index contributed by atoms with van der Waals surface area (Å²) >= 11 is 0. The quantitative estimate of drug-likeness (QED) is 0.627. The second-order valence-corrected chi connectivity index (χ2v) is 8.78. The van der Waals surface area contributed by atoms with E-state index in [9.17, 15) is 22.4 Å². The molecule has 8 nitrogen and oxygen atoms in total. The monoisotopic (exact) mass is 451 g/mol. The molecule has 0 aromatic heterocycles. The molecule has 1 atom stereocenters. The molecular weight excluding hydrogens is 425 g/mol. The Labute approximate surface area is 181 Å². The van der Waals surface area contributed by atoms with Gasteiger partial charge in [-0.15, -0.1) is 0 Å². The van der Waals surface area contributed by atoms with Gasteiger partial charge in [-0.05, 0) is 37.3 Å². The van der Waals surface area contributed by atoms with Crippen LogP contribution < -0.4 is 14.4 Å². The van der Waals surface area contributed by atoms with E-state index >= 15 is 0 Å². The first kappa shape index (κ1) is 24.1. The van der Waals surface area contributed by atoms with Crippen molar-refractivity contribution in [2.75, 3.05) is 31.3 Å². The van der Waals surface area contributed by atoms with E-state index < -0.39 is 40.2 Å². The van der Waals surface area contributed by atoms with Crippen LogP contribution >= 0.6 is 0 Å². The molecule has 0 saturated carbocycles. The van der Waals surface area contributed by atoms with Gasteiger partial charge in [0.15, 0.2) is 0 Å². The first-order chi connectivity index (χ1) is 14.6. The molecule has 168 valence electrons. The van der Waals surface area contributed by atoms with E-state index in [2.05, 4.69) is 5.32 Å².